The van der Waals surface area contributed by atoms with Crippen LogP contribution in [0.3, 0.4) is 0 Å². The summed E-state index contributed by atoms with van der Waals surface area (Å²) in [6.45, 7) is 2.54. The largest absolute Gasteiger partial charge is 0.494 e. The van der Waals surface area contributed by atoms with E-state index in [4.69, 9.17) is 9.84 Å². The lowest BCUT2D eigenvalue weighted by Crippen LogP contribution is -1.90. The van der Waals surface area contributed by atoms with Gasteiger partial charge >= 0.3 is 5.97 Å². The smallest absolute Gasteiger partial charge is 0.328 e. The van der Waals surface area contributed by atoms with E-state index in [1.54, 1.807) is 0 Å². The Labute approximate surface area is 82.6 Å². The minimum absolute atomic E-state index is 0.629. The van der Waals surface area contributed by atoms with Gasteiger partial charge in [0.25, 0.3) is 0 Å². The van der Waals surface area contributed by atoms with Crippen molar-refractivity contribution in [3.05, 3.63) is 35.9 Å². The minimum atomic E-state index is -0.945. The molecule has 0 aliphatic heterocycles. The molecule has 0 amide bonds. The van der Waals surface area contributed by atoms with Gasteiger partial charge in [-0.2, -0.15) is 0 Å². The van der Waals surface area contributed by atoms with Gasteiger partial charge < -0.3 is 9.84 Å². The predicted molar refractivity (Wildman–Crippen MR) is 54.3 cm³/mol. The number of aliphatic carboxylic acids is 1. The van der Waals surface area contributed by atoms with Crippen LogP contribution in [0.2, 0.25) is 0 Å². The molecule has 0 unspecified atom stereocenters. The molecule has 0 spiro atoms. The lowest BCUT2D eigenvalue weighted by Gasteiger charge is -2.01. The van der Waals surface area contributed by atoms with Gasteiger partial charge in [0.05, 0.1) is 6.61 Å². The van der Waals surface area contributed by atoms with Crippen molar-refractivity contribution in [2.45, 2.75) is 6.92 Å². The average molecular weight is 192 g/mol. The van der Waals surface area contributed by atoms with Gasteiger partial charge in [-0.05, 0) is 30.7 Å². The Morgan fingerprint density at radius 3 is 2.57 bits per heavy atom. The Morgan fingerprint density at radius 2 is 2.07 bits per heavy atom. The number of benzene rings is 1. The fourth-order valence-corrected chi connectivity index (χ4v) is 1.01. The van der Waals surface area contributed by atoms with Gasteiger partial charge in [-0.25, -0.2) is 4.79 Å². The summed E-state index contributed by atoms with van der Waals surface area (Å²) in [6, 6.07) is 7.24. The molecule has 0 atom stereocenters. The number of carbonyl (C=O) groups is 1. The molecule has 0 heterocycles. The average Bonchev–Trinajstić information content (AvgIpc) is 2.17. The minimum Gasteiger partial charge on any atom is -0.494 e. The van der Waals surface area contributed by atoms with Crippen molar-refractivity contribution in [3.8, 4) is 5.75 Å². The summed E-state index contributed by atoms with van der Waals surface area (Å²) in [4.78, 5) is 10.2. The Hall–Kier alpha value is -1.77. The first-order valence-electron chi connectivity index (χ1n) is 4.36. The van der Waals surface area contributed by atoms with Gasteiger partial charge in [0.15, 0.2) is 0 Å². The number of hydrogen-bond acceptors (Lipinski definition) is 2. The topological polar surface area (TPSA) is 46.5 Å². The third-order valence-corrected chi connectivity index (χ3v) is 1.61. The molecule has 0 bridgehead atoms. The molecule has 3 nitrogen and oxygen atoms in total. The molecule has 0 fully saturated rings. The molecular weight excluding hydrogens is 180 g/mol. The molecule has 1 N–H and O–H groups in total. The summed E-state index contributed by atoms with van der Waals surface area (Å²) in [5, 5.41) is 8.40. The van der Waals surface area contributed by atoms with Crippen LogP contribution in [0.5, 0.6) is 5.75 Å². The summed E-state index contributed by atoms with van der Waals surface area (Å²) >= 11 is 0. The molecule has 74 valence electrons. The predicted octanol–water partition coefficient (Wildman–Crippen LogP) is 2.18. The van der Waals surface area contributed by atoms with E-state index in [2.05, 4.69) is 0 Å². The first-order chi connectivity index (χ1) is 6.72. The van der Waals surface area contributed by atoms with Gasteiger partial charge in [0.2, 0.25) is 0 Å². The quantitative estimate of drug-likeness (QED) is 0.744. The second-order valence-electron chi connectivity index (χ2n) is 2.67. The molecule has 0 radical (unpaired) electrons. The number of carboxylic acid groups (broad SMARTS) is 1. The lowest BCUT2D eigenvalue weighted by atomic mass is 10.2. The van der Waals surface area contributed by atoms with Crippen molar-refractivity contribution >= 4 is 12.0 Å². The van der Waals surface area contributed by atoms with E-state index in [1.807, 2.05) is 31.2 Å². The van der Waals surface area contributed by atoms with E-state index in [1.165, 1.54) is 6.08 Å². The second kappa shape index (κ2) is 5.07. The molecule has 1 aromatic rings. The maximum absolute atomic E-state index is 10.2. The SMILES string of the molecule is CCOc1ccc(/C=C\C(=O)O)cc1. The van der Waals surface area contributed by atoms with Crippen molar-refractivity contribution in [2.24, 2.45) is 0 Å². The highest BCUT2D eigenvalue weighted by molar-refractivity contribution is 5.85. The van der Waals surface area contributed by atoms with Crippen LogP contribution >= 0.6 is 0 Å². The summed E-state index contributed by atoms with van der Waals surface area (Å²) in [7, 11) is 0. The van der Waals surface area contributed by atoms with Gasteiger partial charge in [0.1, 0.15) is 5.75 Å². The summed E-state index contributed by atoms with van der Waals surface area (Å²) in [6.07, 6.45) is 2.65. The Bertz CT molecular complexity index is 325. The van der Waals surface area contributed by atoms with Crippen LogP contribution < -0.4 is 4.74 Å². The second-order valence-corrected chi connectivity index (χ2v) is 2.67. The van der Waals surface area contributed by atoms with Crippen molar-refractivity contribution in [2.75, 3.05) is 6.61 Å². The van der Waals surface area contributed by atoms with Crippen molar-refractivity contribution in [1.29, 1.82) is 0 Å². The molecule has 14 heavy (non-hydrogen) atoms. The van der Waals surface area contributed by atoms with Gasteiger partial charge in [0, 0.05) is 6.08 Å². The number of hydrogen-bond donors (Lipinski definition) is 1. The number of ether oxygens (including phenoxy) is 1. The zero-order valence-corrected chi connectivity index (χ0v) is 7.93. The van der Waals surface area contributed by atoms with E-state index in [0.29, 0.717) is 6.61 Å². The Morgan fingerprint density at radius 1 is 1.43 bits per heavy atom. The zero-order valence-electron chi connectivity index (χ0n) is 7.93. The van der Waals surface area contributed by atoms with E-state index >= 15 is 0 Å². The molecule has 0 aliphatic carbocycles. The standard InChI is InChI=1S/C11H12O3/c1-2-14-10-6-3-9(4-7-10)5-8-11(12)13/h3-8H,2H2,1H3,(H,12,13)/b8-5-. The van der Waals surface area contributed by atoms with E-state index in [0.717, 1.165) is 17.4 Å². The molecule has 0 saturated heterocycles. The maximum atomic E-state index is 10.2. The van der Waals surface area contributed by atoms with E-state index < -0.39 is 5.97 Å². The first kappa shape index (κ1) is 10.3. The fourth-order valence-electron chi connectivity index (χ4n) is 1.01. The fraction of sp³-hybridized carbons (Fsp3) is 0.182. The highest BCUT2D eigenvalue weighted by atomic mass is 16.5. The first-order valence-corrected chi connectivity index (χ1v) is 4.36. The van der Waals surface area contributed by atoms with Crippen LogP contribution in [0.1, 0.15) is 12.5 Å². The van der Waals surface area contributed by atoms with Gasteiger partial charge in [-0.15, -0.1) is 0 Å². The molecule has 0 saturated carbocycles. The summed E-state index contributed by atoms with van der Waals surface area (Å²) in [5.41, 5.74) is 0.843. The van der Waals surface area contributed by atoms with Gasteiger partial charge in [-0.3, -0.25) is 0 Å². The van der Waals surface area contributed by atoms with Crippen LogP contribution in [-0.4, -0.2) is 17.7 Å². The molecular formula is C11H12O3. The molecule has 0 aromatic heterocycles. The van der Waals surface area contributed by atoms with Crippen LogP contribution in [-0.2, 0) is 4.79 Å². The van der Waals surface area contributed by atoms with Crippen molar-refractivity contribution in [1.82, 2.24) is 0 Å². The molecule has 0 aliphatic rings. The van der Waals surface area contributed by atoms with Crippen molar-refractivity contribution < 1.29 is 14.6 Å². The Kier molecular flexibility index (Phi) is 3.73. The van der Waals surface area contributed by atoms with Crippen LogP contribution in [0.15, 0.2) is 30.3 Å². The zero-order chi connectivity index (χ0) is 10.4. The number of carboxylic acids is 1. The molecule has 1 aromatic carbocycles. The maximum Gasteiger partial charge on any atom is 0.328 e. The molecule has 1 rings (SSSR count). The van der Waals surface area contributed by atoms with Crippen molar-refractivity contribution in [3.63, 3.8) is 0 Å². The highest BCUT2D eigenvalue weighted by Crippen LogP contribution is 2.12. The monoisotopic (exact) mass is 192 g/mol. The highest BCUT2D eigenvalue weighted by Gasteiger charge is 1.92. The third-order valence-electron chi connectivity index (χ3n) is 1.61. The Balaban J connectivity index is 2.68. The normalized spacial score (nSPS) is 10.4. The van der Waals surface area contributed by atoms with Crippen LogP contribution in [0.4, 0.5) is 0 Å². The lowest BCUT2D eigenvalue weighted by molar-refractivity contribution is -0.131. The van der Waals surface area contributed by atoms with E-state index in [9.17, 15) is 4.79 Å². The molecule has 3 heteroatoms. The van der Waals surface area contributed by atoms with Crippen LogP contribution in [0.25, 0.3) is 6.08 Å². The summed E-state index contributed by atoms with van der Waals surface area (Å²) in [5.74, 6) is -0.154. The third kappa shape index (κ3) is 3.31. The summed E-state index contributed by atoms with van der Waals surface area (Å²) < 4.78 is 5.25. The van der Waals surface area contributed by atoms with E-state index in [-0.39, 0.29) is 0 Å². The number of rotatable bonds is 4. The van der Waals surface area contributed by atoms with Crippen LogP contribution in [0, 0.1) is 0 Å². The van der Waals surface area contributed by atoms with Gasteiger partial charge in [-0.1, -0.05) is 12.1 Å².